The largest absolute Gasteiger partial charge is 0.478 e. The molecule has 0 saturated heterocycles. The molecule has 25 heavy (non-hydrogen) atoms. The Hall–Kier alpha value is -2.30. The van der Waals surface area contributed by atoms with Gasteiger partial charge in [-0.1, -0.05) is 29.8 Å². The summed E-state index contributed by atoms with van der Waals surface area (Å²) >= 11 is 6.27. The smallest absolute Gasteiger partial charge is 0.339 e. The molecule has 2 heterocycles. The molecule has 1 aliphatic heterocycles. The van der Waals surface area contributed by atoms with Gasteiger partial charge in [-0.2, -0.15) is 0 Å². The van der Waals surface area contributed by atoms with Crippen LogP contribution in [0.4, 0.5) is 0 Å². The average Bonchev–Trinajstić information content (AvgIpc) is 2.62. The van der Waals surface area contributed by atoms with Crippen LogP contribution in [0.15, 0.2) is 45.6 Å². The first-order valence-electron chi connectivity index (χ1n) is 8.19. The summed E-state index contributed by atoms with van der Waals surface area (Å²) in [6.07, 6.45) is 0. The van der Waals surface area contributed by atoms with Crippen LogP contribution in [-0.2, 0) is 13.1 Å². The fraction of sp³-hybridized carbons (Fsp3) is 0.250. The Bertz CT molecular complexity index is 1030. The Morgan fingerprint density at radius 2 is 1.92 bits per heavy atom. The predicted octanol–water partition coefficient (Wildman–Crippen LogP) is 4.42. The summed E-state index contributed by atoms with van der Waals surface area (Å²) in [5, 5.41) is 1.70. The minimum Gasteiger partial charge on any atom is -0.478 e. The lowest BCUT2D eigenvalue weighted by molar-refractivity contribution is 0.0890. The Kier molecular flexibility index (Phi) is 4.02. The van der Waals surface area contributed by atoms with Crippen molar-refractivity contribution in [1.82, 2.24) is 4.90 Å². The third-order valence-electron chi connectivity index (χ3n) is 4.82. The second-order valence-corrected chi connectivity index (χ2v) is 6.82. The molecule has 0 aliphatic carbocycles. The van der Waals surface area contributed by atoms with Crippen molar-refractivity contribution >= 4 is 22.6 Å². The van der Waals surface area contributed by atoms with E-state index in [2.05, 4.69) is 4.90 Å². The second-order valence-electron chi connectivity index (χ2n) is 6.41. The zero-order valence-electron chi connectivity index (χ0n) is 14.1. The van der Waals surface area contributed by atoms with Crippen LogP contribution in [-0.4, -0.2) is 11.6 Å². The Balaban J connectivity index is 1.75. The normalized spacial score (nSPS) is 14.4. The van der Waals surface area contributed by atoms with Crippen molar-refractivity contribution in [2.24, 2.45) is 0 Å². The molecule has 0 fully saturated rings. The van der Waals surface area contributed by atoms with Crippen LogP contribution in [0.5, 0.6) is 5.75 Å². The predicted molar refractivity (Wildman–Crippen MR) is 98.2 cm³/mol. The molecular weight excluding hydrogens is 338 g/mol. The van der Waals surface area contributed by atoms with Crippen LogP contribution in [0, 0.1) is 13.8 Å². The van der Waals surface area contributed by atoms with Gasteiger partial charge in [0.2, 0.25) is 0 Å². The molecule has 3 aromatic rings. The maximum atomic E-state index is 12.1. The number of ether oxygens (including phenoxy) is 1. The maximum Gasteiger partial charge on any atom is 0.339 e. The van der Waals surface area contributed by atoms with Gasteiger partial charge in [0.15, 0.2) is 0 Å². The van der Waals surface area contributed by atoms with Crippen molar-refractivity contribution in [1.29, 1.82) is 0 Å². The van der Waals surface area contributed by atoms with Crippen molar-refractivity contribution in [2.45, 2.75) is 26.9 Å². The number of fused-ring (bicyclic) bond motifs is 3. The van der Waals surface area contributed by atoms with E-state index in [9.17, 15) is 4.79 Å². The van der Waals surface area contributed by atoms with E-state index in [-0.39, 0.29) is 5.63 Å². The molecule has 1 aromatic heterocycles. The SMILES string of the molecule is Cc1c(C)c2ccc3c(c2oc1=O)CN(Cc1ccccc1Cl)CO3. The molecule has 0 atom stereocenters. The van der Waals surface area contributed by atoms with E-state index in [0.717, 1.165) is 32.8 Å². The summed E-state index contributed by atoms with van der Waals surface area (Å²) in [6, 6.07) is 11.7. The summed E-state index contributed by atoms with van der Waals surface area (Å²) in [7, 11) is 0. The number of hydrogen-bond donors (Lipinski definition) is 0. The topological polar surface area (TPSA) is 42.7 Å². The zero-order valence-corrected chi connectivity index (χ0v) is 14.9. The first-order valence-corrected chi connectivity index (χ1v) is 8.57. The van der Waals surface area contributed by atoms with Crippen LogP contribution >= 0.6 is 11.6 Å². The molecule has 4 rings (SSSR count). The van der Waals surface area contributed by atoms with Crippen molar-refractivity contribution in [3.8, 4) is 5.75 Å². The molecule has 0 bridgehead atoms. The van der Waals surface area contributed by atoms with Crippen molar-refractivity contribution in [2.75, 3.05) is 6.73 Å². The van der Waals surface area contributed by atoms with E-state index in [1.165, 1.54) is 0 Å². The van der Waals surface area contributed by atoms with Crippen molar-refractivity contribution in [3.63, 3.8) is 0 Å². The van der Waals surface area contributed by atoms with Crippen LogP contribution in [0.3, 0.4) is 0 Å². The Labute approximate surface area is 150 Å². The Morgan fingerprint density at radius 1 is 1.12 bits per heavy atom. The number of rotatable bonds is 2. The van der Waals surface area contributed by atoms with Crippen molar-refractivity contribution in [3.05, 3.63) is 74.1 Å². The van der Waals surface area contributed by atoms with E-state index in [1.54, 1.807) is 6.92 Å². The molecular formula is C20H18ClNO3. The third-order valence-corrected chi connectivity index (χ3v) is 5.19. The van der Waals surface area contributed by atoms with E-state index in [1.807, 2.05) is 43.3 Å². The highest BCUT2D eigenvalue weighted by molar-refractivity contribution is 6.31. The van der Waals surface area contributed by atoms with Gasteiger partial charge < -0.3 is 9.15 Å². The fourth-order valence-electron chi connectivity index (χ4n) is 3.23. The molecule has 5 heteroatoms. The number of nitrogens with zero attached hydrogens (tertiary/aromatic N) is 1. The highest BCUT2D eigenvalue weighted by Crippen LogP contribution is 2.34. The van der Waals surface area contributed by atoms with Gasteiger partial charge >= 0.3 is 5.63 Å². The Morgan fingerprint density at radius 3 is 2.72 bits per heavy atom. The summed E-state index contributed by atoms with van der Waals surface area (Å²) in [4.78, 5) is 14.3. The van der Waals surface area contributed by atoms with Crippen molar-refractivity contribution < 1.29 is 9.15 Å². The second kappa shape index (κ2) is 6.21. The standard InChI is InChI=1S/C20H18ClNO3/c1-12-13(2)20(23)25-19-15(12)7-8-18-16(19)10-22(11-24-18)9-14-5-3-4-6-17(14)21/h3-8H,9-11H2,1-2H3. The first kappa shape index (κ1) is 16.2. The zero-order chi connectivity index (χ0) is 17.6. The number of aryl methyl sites for hydroxylation is 1. The summed E-state index contributed by atoms with van der Waals surface area (Å²) in [6.45, 7) is 5.53. The van der Waals surface area contributed by atoms with Crippen LogP contribution < -0.4 is 10.4 Å². The van der Waals surface area contributed by atoms with E-state index in [0.29, 0.717) is 31.0 Å². The van der Waals surface area contributed by atoms with Crippen LogP contribution in [0.25, 0.3) is 11.0 Å². The lowest BCUT2D eigenvalue weighted by atomic mass is 10.0. The first-order chi connectivity index (χ1) is 12.0. The quantitative estimate of drug-likeness (QED) is 0.638. The van der Waals surface area contributed by atoms with Gasteiger partial charge in [0.25, 0.3) is 0 Å². The molecule has 4 nitrogen and oxygen atoms in total. The summed E-state index contributed by atoms with van der Waals surface area (Å²) < 4.78 is 11.5. The summed E-state index contributed by atoms with van der Waals surface area (Å²) in [5.74, 6) is 0.773. The molecule has 0 amide bonds. The van der Waals surface area contributed by atoms with Gasteiger partial charge in [-0.15, -0.1) is 0 Å². The van der Waals surface area contributed by atoms with Gasteiger partial charge in [-0.05, 0) is 43.2 Å². The average molecular weight is 356 g/mol. The van der Waals surface area contributed by atoms with Gasteiger partial charge in [0, 0.05) is 29.1 Å². The highest BCUT2D eigenvalue weighted by Gasteiger charge is 2.23. The lowest BCUT2D eigenvalue weighted by Gasteiger charge is -2.29. The van der Waals surface area contributed by atoms with E-state index in [4.69, 9.17) is 20.8 Å². The van der Waals surface area contributed by atoms with Crippen LogP contribution in [0.1, 0.15) is 22.3 Å². The molecule has 0 saturated carbocycles. The van der Waals surface area contributed by atoms with Gasteiger partial charge in [-0.3, -0.25) is 4.90 Å². The fourth-order valence-corrected chi connectivity index (χ4v) is 3.43. The number of halogens is 1. The van der Waals surface area contributed by atoms with E-state index >= 15 is 0 Å². The number of hydrogen-bond acceptors (Lipinski definition) is 4. The van der Waals surface area contributed by atoms with E-state index < -0.39 is 0 Å². The third kappa shape index (κ3) is 2.81. The van der Waals surface area contributed by atoms with Gasteiger partial charge in [0.1, 0.15) is 18.1 Å². The molecule has 0 spiro atoms. The molecule has 0 N–H and O–H groups in total. The lowest BCUT2D eigenvalue weighted by Crippen LogP contribution is -2.31. The minimum absolute atomic E-state index is 0.290. The highest BCUT2D eigenvalue weighted by atomic mass is 35.5. The monoisotopic (exact) mass is 355 g/mol. The number of benzene rings is 2. The molecule has 0 unspecified atom stereocenters. The molecule has 2 aromatic carbocycles. The molecule has 0 radical (unpaired) electrons. The minimum atomic E-state index is -0.290. The van der Waals surface area contributed by atoms with Gasteiger partial charge in [-0.25, -0.2) is 4.79 Å². The maximum absolute atomic E-state index is 12.1. The summed E-state index contributed by atoms with van der Waals surface area (Å²) in [5.41, 5.74) is 3.89. The van der Waals surface area contributed by atoms with Gasteiger partial charge in [0.05, 0.1) is 5.56 Å². The van der Waals surface area contributed by atoms with Crippen LogP contribution in [0.2, 0.25) is 5.02 Å². The molecule has 128 valence electrons. The molecule has 1 aliphatic rings.